The molecule has 2 saturated heterocycles. The van der Waals surface area contributed by atoms with Crippen molar-refractivity contribution in [3.63, 3.8) is 0 Å². The number of piperidine rings is 2. The summed E-state index contributed by atoms with van der Waals surface area (Å²) in [7, 11) is 0. The summed E-state index contributed by atoms with van der Waals surface area (Å²) in [5.41, 5.74) is 0. The first-order valence-corrected chi connectivity index (χ1v) is 7.41. The predicted molar refractivity (Wildman–Crippen MR) is 73.4 cm³/mol. The van der Waals surface area contributed by atoms with E-state index >= 15 is 0 Å². The van der Waals surface area contributed by atoms with Crippen LogP contribution in [-0.4, -0.2) is 50.1 Å². The molecule has 2 fully saturated rings. The number of amides is 1. The van der Waals surface area contributed by atoms with Crippen molar-refractivity contribution >= 4 is 5.91 Å². The third-order valence-electron chi connectivity index (χ3n) is 4.26. The number of hydrogen-bond acceptors (Lipinski definition) is 3. The van der Waals surface area contributed by atoms with Crippen LogP contribution in [0.3, 0.4) is 0 Å². The van der Waals surface area contributed by atoms with Crippen molar-refractivity contribution in [1.82, 2.24) is 15.5 Å². The zero-order valence-electron chi connectivity index (χ0n) is 11.6. The molecule has 2 aliphatic heterocycles. The molecule has 4 nitrogen and oxygen atoms in total. The monoisotopic (exact) mass is 253 g/mol. The summed E-state index contributed by atoms with van der Waals surface area (Å²) < 4.78 is 0. The van der Waals surface area contributed by atoms with Crippen LogP contribution in [0.4, 0.5) is 0 Å². The number of likely N-dealkylation sites (tertiary alicyclic amines) is 1. The van der Waals surface area contributed by atoms with Crippen LogP contribution in [0.1, 0.15) is 32.6 Å². The van der Waals surface area contributed by atoms with E-state index in [1.807, 2.05) is 0 Å². The van der Waals surface area contributed by atoms with Crippen molar-refractivity contribution in [2.24, 2.45) is 11.8 Å². The molecule has 0 aromatic carbocycles. The molecule has 18 heavy (non-hydrogen) atoms. The molecule has 0 aliphatic carbocycles. The smallest absolute Gasteiger partial charge is 0.216 e. The van der Waals surface area contributed by atoms with Gasteiger partial charge in [0.05, 0.1) is 0 Å². The van der Waals surface area contributed by atoms with Crippen LogP contribution in [0.2, 0.25) is 0 Å². The van der Waals surface area contributed by atoms with E-state index in [1.54, 1.807) is 6.92 Å². The first-order valence-electron chi connectivity index (χ1n) is 7.41. The van der Waals surface area contributed by atoms with E-state index in [4.69, 9.17) is 0 Å². The molecule has 0 saturated carbocycles. The largest absolute Gasteiger partial charge is 0.356 e. The number of nitrogens with zero attached hydrogens (tertiary/aromatic N) is 1. The minimum atomic E-state index is 0.103. The normalized spacial score (nSPS) is 27.1. The highest BCUT2D eigenvalue weighted by molar-refractivity contribution is 5.72. The molecule has 1 unspecified atom stereocenters. The van der Waals surface area contributed by atoms with Gasteiger partial charge < -0.3 is 15.5 Å². The van der Waals surface area contributed by atoms with E-state index in [9.17, 15) is 4.79 Å². The van der Waals surface area contributed by atoms with Gasteiger partial charge in [-0.25, -0.2) is 0 Å². The Morgan fingerprint density at radius 2 is 2.06 bits per heavy atom. The van der Waals surface area contributed by atoms with Gasteiger partial charge in [0.1, 0.15) is 0 Å². The zero-order chi connectivity index (χ0) is 12.8. The lowest BCUT2D eigenvalue weighted by Crippen LogP contribution is -2.43. The second kappa shape index (κ2) is 7.10. The number of rotatable bonds is 4. The molecule has 2 rings (SSSR count). The summed E-state index contributed by atoms with van der Waals surface area (Å²) >= 11 is 0. The van der Waals surface area contributed by atoms with E-state index < -0.39 is 0 Å². The summed E-state index contributed by atoms with van der Waals surface area (Å²) in [6.45, 7) is 8.56. The van der Waals surface area contributed by atoms with Crippen LogP contribution in [0.15, 0.2) is 0 Å². The standard InChI is InChI=1S/C14H27N3O/c1-12(18)16-10-13-4-7-17(8-5-13)11-14-3-2-6-15-9-14/h13-15H,2-11H2,1H3,(H,16,18). The van der Waals surface area contributed by atoms with Gasteiger partial charge in [-0.2, -0.15) is 0 Å². The highest BCUT2D eigenvalue weighted by atomic mass is 16.1. The maximum atomic E-state index is 10.9. The summed E-state index contributed by atoms with van der Waals surface area (Å²) in [5.74, 6) is 1.64. The van der Waals surface area contributed by atoms with Crippen molar-refractivity contribution < 1.29 is 4.79 Å². The second-order valence-corrected chi connectivity index (χ2v) is 5.89. The first kappa shape index (κ1) is 13.8. The summed E-state index contributed by atoms with van der Waals surface area (Å²) in [6.07, 6.45) is 5.20. The Hall–Kier alpha value is -0.610. The van der Waals surface area contributed by atoms with Gasteiger partial charge >= 0.3 is 0 Å². The molecule has 2 heterocycles. The average Bonchev–Trinajstić information content (AvgIpc) is 2.39. The molecule has 0 spiro atoms. The van der Waals surface area contributed by atoms with Gasteiger partial charge in [-0.1, -0.05) is 0 Å². The van der Waals surface area contributed by atoms with Crippen molar-refractivity contribution in [3.05, 3.63) is 0 Å². The van der Waals surface area contributed by atoms with Crippen molar-refractivity contribution in [2.45, 2.75) is 32.6 Å². The van der Waals surface area contributed by atoms with E-state index in [0.29, 0.717) is 5.92 Å². The molecule has 0 bridgehead atoms. The van der Waals surface area contributed by atoms with Crippen LogP contribution in [0.25, 0.3) is 0 Å². The molecule has 4 heteroatoms. The minimum Gasteiger partial charge on any atom is -0.356 e. The molecular weight excluding hydrogens is 226 g/mol. The number of carbonyl (C=O) groups excluding carboxylic acids is 1. The van der Waals surface area contributed by atoms with Gasteiger partial charge in [0, 0.05) is 20.0 Å². The van der Waals surface area contributed by atoms with Crippen LogP contribution in [0, 0.1) is 11.8 Å². The topological polar surface area (TPSA) is 44.4 Å². The van der Waals surface area contributed by atoms with Gasteiger partial charge in [-0.3, -0.25) is 4.79 Å². The maximum Gasteiger partial charge on any atom is 0.216 e. The van der Waals surface area contributed by atoms with Crippen LogP contribution in [0.5, 0.6) is 0 Å². The summed E-state index contributed by atoms with van der Waals surface area (Å²) in [5, 5.41) is 6.44. The lowest BCUT2D eigenvalue weighted by molar-refractivity contribution is -0.119. The molecule has 0 aromatic heterocycles. The molecule has 0 radical (unpaired) electrons. The second-order valence-electron chi connectivity index (χ2n) is 5.89. The van der Waals surface area contributed by atoms with Gasteiger partial charge in [-0.05, 0) is 63.7 Å². The lowest BCUT2D eigenvalue weighted by atomic mass is 9.94. The van der Waals surface area contributed by atoms with Gasteiger partial charge in [-0.15, -0.1) is 0 Å². The van der Waals surface area contributed by atoms with E-state index in [1.165, 1.54) is 58.4 Å². The number of carbonyl (C=O) groups is 1. The average molecular weight is 253 g/mol. The van der Waals surface area contributed by atoms with Crippen LogP contribution in [-0.2, 0) is 4.79 Å². The van der Waals surface area contributed by atoms with Crippen molar-refractivity contribution in [1.29, 1.82) is 0 Å². The fourth-order valence-corrected chi connectivity index (χ4v) is 3.11. The Morgan fingerprint density at radius 1 is 1.28 bits per heavy atom. The lowest BCUT2D eigenvalue weighted by Gasteiger charge is -2.35. The number of hydrogen-bond donors (Lipinski definition) is 2. The third kappa shape index (κ3) is 4.58. The van der Waals surface area contributed by atoms with Crippen LogP contribution >= 0.6 is 0 Å². The predicted octanol–water partition coefficient (Wildman–Crippen LogP) is 0.834. The van der Waals surface area contributed by atoms with E-state index in [-0.39, 0.29) is 5.91 Å². The Balaban J connectivity index is 1.62. The van der Waals surface area contributed by atoms with Crippen molar-refractivity contribution in [3.8, 4) is 0 Å². The Bertz CT molecular complexity index is 256. The highest BCUT2D eigenvalue weighted by Gasteiger charge is 2.22. The molecule has 0 aromatic rings. The molecule has 2 N–H and O–H groups in total. The Labute approximate surface area is 110 Å². The minimum absolute atomic E-state index is 0.103. The summed E-state index contributed by atoms with van der Waals surface area (Å²) in [4.78, 5) is 13.5. The van der Waals surface area contributed by atoms with E-state index in [0.717, 1.165) is 12.5 Å². The van der Waals surface area contributed by atoms with Crippen LogP contribution < -0.4 is 10.6 Å². The van der Waals surface area contributed by atoms with E-state index in [2.05, 4.69) is 15.5 Å². The van der Waals surface area contributed by atoms with Gasteiger partial charge in [0.15, 0.2) is 0 Å². The SMILES string of the molecule is CC(=O)NCC1CCN(CC2CCCNC2)CC1. The highest BCUT2D eigenvalue weighted by Crippen LogP contribution is 2.19. The van der Waals surface area contributed by atoms with Crippen molar-refractivity contribution in [2.75, 3.05) is 39.3 Å². The maximum absolute atomic E-state index is 10.9. The van der Waals surface area contributed by atoms with Gasteiger partial charge in [0.25, 0.3) is 0 Å². The fraction of sp³-hybridized carbons (Fsp3) is 0.929. The summed E-state index contributed by atoms with van der Waals surface area (Å²) in [6, 6.07) is 0. The zero-order valence-corrected chi connectivity index (χ0v) is 11.6. The molecule has 1 atom stereocenters. The quantitative estimate of drug-likeness (QED) is 0.780. The molecule has 104 valence electrons. The molecular formula is C14H27N3O. The van der Waals surface area contributed by atoms with Gasteiger partial charge in [0.2, 0.25) is 5.91 Å². The molecule has 2 aliphatic rings. The third-order valence-corrected chi connectivity index (χ3v) is 4.26. The Morgan fingerprint density at radius 3 is 2.67 bits per heavy atom. The fourth-order valence-electron chi connectivity index (χ4n) is 3.11. The first-order chi connectivity index (χ1) is 8.74. The molecule has 1 amide bonds. The number of nitrogens with one attached hydrogen (secondary N) is 2. The Kier molecular flexibility index (Phi) is 5.45.